The molecule has 0 spiro atoms. The molecule has 4 aromatic rings. The number of benzene rings is 1. The van der Waals surface area contributed by atoms with Gasteiger partial charge < -0.3 is 10.1 Å². The predicted molar refractivity (Wildman–Crippen MR) is 105 cm³/mol. The lowest BCUT2D eigenvalue weighted by Crippen LogP contribution is -2.08. The Morgan fingerprint density at radius 1 is 1.28 bits per heavy atom. The van der Waals surface area contributed by atoms with Gasteiger partial charge in [0.2, 0.25) is 0 Å². The Morgan fingerprint density at radius 3 is 2.83 bits per heavy atom. The normalized spacial score (nSPS) is 11.6. The lowest BCUT2D eigenvalue weighted by atomic mass is 10.0. The van der Waals surface area contributed by atoms with Crippen LogP contribution in [-0.4, -0.2) is 37.4 Å². The van der Waals surface area contributed by atoms with Crippen molar-refractivity contribution in [1.29, 1.82) is 0 Å². The molecule has 146 valence electrons. The largest absolute Gasteiger partial charge is 0.463 e. The zero-order valence-electron chi connectivity index (χ0n) is 15.5. The van der Waals surface area contributed by atoms with Crippen molar-refractivity contribution in [2.45, 2.75) is 6.92 Å². The van der Waals surface area contributed by atoms with Crippen LogP contribution in [0.5, 0.6) is 0 Å². The number of nitrogens with zero attached hydrogens (tertiary/aromatic N) is 4. The minimum atomic E-state index is -0.536. The van der Waals surface area contributed by atoms with Crippen LogP contribution in [0.3, 0.4) is 0 Å². The third kappa shape index (κ3) is 3.98. The fourth-order valence-corrected chi connectivity index (χ4v) is 2.80. The number of ether oxygens (including phenoxy) is 1. The number of carbonyl (C=O) groups excluding carboxylic acids is 1. The number of carbonyl (C=O) groups is 1. The van der Waals surface area contributed by atoms with Crippen LogP contribution in [-0.2, 0) is 9.53 Å². The van der Waals surface area contributed by atoms with E-state index in [1.54, 1.807) is 42.0 Å². The van der Waals surface area contributed by atoms with Crippen LogP contribution >= 0.6 is 0 Å². The highest BCUT2D eigenvalue weighted by atomic mass is 19.1. The first-order chi connectivity index (χ1) is 14.1. The van der Waals surface area contributed by atoms with Crippen molar-refractivity contribution >= 4 is 28.7 Å². The van der Waals surface area contributed by atoms with Crippen molar-refractivity contribution in [2.75, 3.05) is 11.9 Å². The molecule has 1 aromatic carbocycles. The van der Waals surface area contributed by atoms with Gasteiger partial charge in [-0.2, -0.15) is 5.10 Å². The van der Waals surface area contributed by atoms with E-state index in [4.69, 9.17) is 4.74 Å². The summed E-state index contributed by atoms with van der Waals surface area (Å²) in [4.78, 5) is 16.8. The van der Waals surface area contributed by atoms with Crippen molar-refractivity contribution < 1.29 is 13.9 Å². The number of anilines is 2. The van der Waals surface area contributed by atoms with E-state index in [1.807, 2.05) is 12.1 Å². The first-order valence-electron chi connectivity index (χ1n) is 8.90. The molecule has 3 heterocycles. The van der Waals surface area contributed by atoms with E-state index < -0.39 is 5.97 Å². The summed E-state index contributed by atoms with van der Waals surface area (Å²) in [6, 6.07) is 11.2. The van der Waals surface area contributed by atoms with Gasteiger partial charge >= 0.3 is 5.97 Å². The summed E-state index contributed by atoms with van der Waals surface area (Å²) in [5.41, 5.74) is 1.73. The highest BCUT2D eigenvalue weighted by molar-refractivity contribution is 5.95. The number of fused-ring (bicyclic) bond motifs is 1. The van der Waals surface area contributed by atoms with Crippen LogP contribution in [0.25, 0.3) is 11.1 Å². The SMILES string of the molecule is CCOC(=O)/C=C(\c1ccc(F)cc1)c1nc(Nc2ccn[nH]2)c2cccn2n1. The quantitative estimate of drug-likeness (QED) is 0.386. The summed E-state index contributed by atoms with van der Waals surface area (Å²) in [6.45, 7) is 1.95. The van der Waals surface area contributed by atoms with Gasteiger partial charge in [-0.1, -0.05) is 12.1 Å². The smallest absolute Gasteiger partial charge is 0.331 e. The van der Waals surface area contributed by atoms with Gasteiger partial charge in [-0.05, 0) is 36.8 Å². The second kappa shape index (κ2) is 7.93. The molecule has 4 rings (SSSR count). The number of rotatable bonds is 6. The molecular weight excluding hydrogens is 375 g/mol. The highest BCUT2D eigenvalue weighted by Gasteiger charge is 2.16. The molecule has 0 saturated carbocycles. The third-order valence-corrected chi connectivity index (χ3v) is 4.09. The topological polar surface area (TPSA) is 97.2 Å². The summed E-state index contributed by atoms with van der Waals surface area (Å²) < 4.78 is 20.1. The molecule has 0 radical (unpaired) electrons. The molecule has 0 aliphatic carbocycles. The number of esters is 1. The zero-order valence-corrected chi connectivity index (χ0v) is 15.5. The maximum absolute atomic E-state index is 13.4. The Hall–Kier alpha value is -4.01. The molecule has 0 amide bonds. The van der Waals surface area contributed by atoms with Gasteiger partial charge in [-0.25, -0.2) is 18.7 Å². The Morgan fingerprint density at radius 2 is 2.10 bits per heavy atom. The molecule has 0 unspecified atom stereocenters. The molecule has 29 heavy (non-hydrogen) atoms. The summed E-state index contributed by atoms with van der Waals surface area (Å²) in [5.74, 6) is 0.519. The lowest BCUT2D eigenvalue weighted by Gasteiger charge is -2.11. The summed E-state index contributed by atoms with van der Waals surface area (Å²) >= 11 is 0. The van der Waals surface area contributed by atoms with E-state index in [9.17, 15) is 9.18 Å². The number of nitrogens with one attached hydrogen (secondary N) is 2. The van der Waals surface area contributed by atoms with E-state index in [1.165, 1.54) is 18.2 Å². The molecule has 0 saturated heterocycles. The van der Waals surface area contributed by atoms with Crippen LogP contribution < -0.4 is 5.32 Å². The summed E-state index contributed by atoms with van der Waals surface area (Å²) in [7, 11) is 0. The van der Waals surface area contributed by atoms with Gasteiger partial charge in [-0.15, -0.1) is 5.10 Å². The molecule has 0 aliphatic rings. The summed E-state index contributed by atoms with van der Waals surface area (Å²) in [6.07, 6.45) is 4.69. The van der Waals surface area contributed by atoms with Crippen molar-refractivity contribution in [1.82, 2.24) is 24.8 Å². The maximum atomic E-state index is 13.4. The Kier molecular flexibility index (Phi) is 5.02. The Labute approximate surface area is 165 Å². The first kappa shape index (κ1) is 18.4. The number of hydrogen-bond acceptors (Lipinski definition) is 6. The Balaban J connectivity index is 1.85. The molecular formula is C20H17FN6O2. The van der Waals surface area contributed by atoms with E-state index >= 15 is 0 Å². The molecule has 9 heteroatoms. The Bertz CT molecular complexity index is 1170. The van der Waals surface area contributed by atoms with E-state index in [0.717, 1.165) is 5.52 Å². The second-order valence-electron chi connectivity index (χ2n) is 6.03. The van der Waals surface area contributed by atoms with Crippen molar-refractivity contribution in [2.24, 2.45) is 0 Å². The van der Waals surface area contributed by atoms with Crippen LogP contribution in [0.1, 0.15) is 18.3 Å². The molecule has 0 atom stereocenters. The molecule has 0 fully saturated rings. The van der Waals surface area contributed by atoms with Crippen molar-refractivity contribution in [3.8, 4) is 0 Å². The van der Waals surface area contributed by atoms with Gasteiger partial charge in [0, 0.05) is 23.9 Å². The molecule has 8 nitrogen and oxygen atoms in total. The van der Waals surface area contributed by atoms with Gasteiger partial charge in [0.05, 0.1) is 12.8 Å². The molecule has 0 aliphatic heterocycles. The van der Waals surface area contributed by atoms with Crippen LogP contribution in [0.15, 0.2) is 60.9 Å². The van der Waals surface area contributed by atoms with Crippen molar-refractivity contribution in [3.05, 3.63) is 78.1 Å². The number of halogens is 1. The minimum absolute atomic E-state index is 0.232. The van der Waals surface area contributed by atoms with E-state index in [-0.39, 0.29) is 18.2 Å². The monoisotopic (exact) mass is 392 g/mol. The fourth-order valence-electron chi connectivity index (χ4n) is 2.80. The zero-order chi connectivity index (χ0) is 20.2. The molecule has 2 N–H and O–H groups in total. The predicted octanol–water partition coefficient (Wildman–Crippen LogP) is 3.33. The van der Waals surface area contributed by atoms with Gasteiger partial charge in [-0.3, -0.25) is 5.10 Å². The average molecular weight is 392 g/mol. The average Bonchev–Trinajstić information content (AvgIpc) is 3.39. The number of H-pyrrole nitrogens is 1. The third-order valence-electron chi connectivity index (χ3n) is 4.09. The minimum Gasteiger partial charge on any atom is -0.463 e. The van der Waals surface area contributed by atoms with E-state index in [0.29, 0.717) is 22.8 Å². The van der Waals surface area contributed by atoms with Gasteiger partial charge in [0.1, 0.15) is 17.2 Å². The van der Waals surface area contributed by atoms with E-state index in [2.05, 4.69) is 25.6 Å². The number of aromatic nitrogens is 5. The fraction of sp³-hybridized carbons (Fsp3) is 0.100. The second-order valence-corrected chi connectivity index (χ2v) is 6.03. The maximum Gasteiger partial charge on any atom is 0.331 e. The van der Waals surface area contributed by atoms with Gasteiger partial charge in [0.15, 0.2) is 11.6 Å². The van der Waals surface area contributed by atoms with Crippen molar-refractivity contribution in [3.63, 3.8) is 0 Å². The molecule has 0 bridgehead atoms. The van der Waals surface area contributed by atoms with Crippen LogP contribution in [0.2, 0.25) is 0 Å². The highest BCUT2D eigenvalue weighted by Crippen LogP contribution is 2.25. The van der Waals surface area contributed by atoms with Gasteiger partial charge in [0.25, 0.3) is 0 Å². The lowest BCUT2D eigenvalue weighted by molar-refractivity contribution is -0.137. The van der Waals surface area contributed by atoms with Crippen LogP contribution in [0, 0.1) is 5.82 Å². The van der Waals surface area contributed by atoms with Crippen LogP contribution in [0.4, 0.5) is 16.0 Å². The number of aromatic amines is 1. The molecule has 3 aromatic heterocycles. The standard InChI is InChI=1S/C20H17FN6O2/c1-2-29-18(28)12-15(13-5-7-14(21)8-6-13)19-24-20(23-17-9-10-22-25-17)16-4-3-11-27(16)26-19/h3-12H,2H2,1H3,(H2,22,23,24,25,26)/b15-12+. The first-order valence-corrected chi connectivity index (χ1v) is 8.90. The number of hydrogen-bond donors (Lipinski definition) is 2. The summed E-state index contributed by atoms with van der Waals surface area (Å²) in [5, 5.41) is 14.4.